The normalized spacial score (nSPS) is 19.3. The van der Waals surface area contributed by atoms with Crippen LogP contribution in [0.5, 0.6) is 11.8 Å². The van der Waals surface area contributed by atoms with Crippen LogP contribution in [0.4, 0.5) is 4.39 Å². The number of pyridine rings is 3. The number of carbonyl (C=O) groups excluding carboxylic acids is 2. The second kappa shape index (κ2) is 12.7. The van der Waals surface area contributed by atoms with Crippen molar-refractivity contribution in [2.45, 2.75) is 25.9 Å². The predicted molar refractivity (Wildman–Crippen MR) is 188 cm³/mol. The molecule has 7 heterocycles. The van der Waals surface area contributed by atoms with Crippen molar-refractivity contribution < 1.29 is 23.5 Å². The van der Waals surface area contributed by atoms with E-state index in [1.807, 2.05) is 36.4 Å². The van der Waals surface area contributed by atoms with Gasteiger partial charge in [0.15, 0.2) is 5.82 Å². The van der Waals surface area contributed by atoms with Crippen LogP contribution in [0.3, 0.4) is 0 Å². The number of aromatic nitrogens is 3. The number of benzene rings is 1. The molecule has 3 aromatic heterocycles. The SMILES string of the molecule is COc1nc(-c2cccc(-c3ccnc(-c4ccc(CN5CC6(CNC(=O)C6)C5)c(OC)n4)c3F)c2Br)ccc1CN1CC2(CNC(=O)C2)C1. The summed E-state index contributed by atoms with van der Waals surface area (Å²) in [6.45, 7) is 6.14. The molecule has 0 saturated carbocycles. The van der Waals surface area contributed by atoms with Crippen LogP contribution in [0.15, 0.2) is 59.2 Å². The van der Waals surface area contributed by atoms with E-state index in [0.717, 1.165) is 56.0 Å². The van der Waals surface area contributed by atoms with Crippen molar-refractivity contribution in [3.8, 4) is 45.5 Å². The van der Waals surface area contributed by atoms with Crippen molar-refractivity contribution in [1.29, 1.82) is 0 Å². The van der Waals surface area contributed by atoms with Gasteiger partial charge < -0.3 is 20.1 Å². The molecular weight excluding hydrogens is 705 g/mol. The Morgan fingerprint density at radius 2 is 1.30 bits per heavy atom. The van der Waals surface area contributed by atoms with Crippen LogP contribution < -0.4 is 20.1 Å². The molecule has 8 rings (SSSR count). The average molecular weight is 743 g/mol. The van der Waals surface area contributed by atoms with E-state index in [4.69, 9.17) is 14.5 Å². The van der Waals surface area contributed by atoms with Gasteiger partial charge in [-0.3, -0.25) is 24.4 Å². The summed E-state index contributed by atoms with van der Waals surface area (Å²) in [5, 5.41) is 5.89. The molecule has 2 N–H and O–H groups in total. The van der Waals surface area contributed by atoms with Crippen molar-refractivity contribution in [2.24, 2.45) is 10.8 Å². The van der Waals surface area contributed by atoms with Gasteiger partial charge in [-0.25, -0.2) is 14.4 Å². The molecular formula is C37H37BrFN7O4. The van der Waals surface area contributed by atoms with Gasteiger partial charge in [0.05, 0.1) is 25.6 Å². The lowest BCUT2D eigenvalue weighted by Crippen LogP contribution is -2.56. The third-order valence-electron chi connectivity index (χ3n) is 10.4. The molecule has 13 heteroatoms. The molecule has 50 heavy (non-hydrogen) atoms. The number of hydrogen-bond donors (Lipinski definition) is 2. The minimum atomic E-state index is -0.497. The maximum Gasteiger partial charge on any atom is 0.220 e. The molecule has 4 aromatic rings. The van der Waals surface area contributed by atoms with Gasteiger partial charge in [-0.2, -0.15) is 0 Å². The molecule has 4 saturated heterocycles. The Bertz CT molecular complexity index is 1870. The summed E-state index contributed by atoms with van der Waals surface area (Å²) in [6.07, 6.45) is 2.74. The Kier molecular flexibility index (Phi) is 8.31. The first-order valence-electron chi connectivity index (χ1n) is 16.7. The van der Waals surface area contributed by atoms with Crippen LogP contribution >= 0.6 is 15.9 Å². The van der Waals surface area contributed by atoms with Crippen molar-refractivity contribution >= 4 is 27.7 Å². The first kappa shape index (κ1) is 32.7. The van der Waals surface area contributed by atoms with Gasteiger partial charge in [-0.1, -0.05) is 30.3 Å². The summed E-state index contributed by atoms with van der Waals surface area (Å²) in [6, 6.07) is 15.0. The first-order chi connectivity index (χ1) is 24.2. The summed E-state index contributed by atoms with van der Waals surface area (Å²) < 4.78 is 28.4. The number of likely N-dealkylation sites (tertiary alicyclic amines) is 2. The molecule has 4 aliphatic rings. The number of nitrogens with zero attached hydrogens (tertiary/aromatic N) is 5. The van der Waals surface area contributed by atoms with E-state index in [0.29, 0.717) is 64.7 Å². The topological polar surface area (TPSA) is 122 Å². The minimum Gasteiger partial charge on any atom is -0.481 e. The second-order valence-corrected chi connectivity index (χ2v) is 14.9. The fourth-order valence-electron chi connectivity index (χ4n) is 8.04. The molecule has 258 valence electrons. The Labute approximate surface area is 297 Å². The Balaban J connectivity index is 1.01. The smallest absolute Gasteiger partial charge is 0.220 e. The maximum absolute atomic E-state index is 16.4. The average Bonchev–Trinajstić information content (AvgIpc) is 3.68. The molecule has 2 spiro atoms. The highest BCUT2D eigenvalue weighted by Crippen LogP contribution is 2.42. The molecule has 0 unspecified atom stereocenters. The van der Waals surface area contributed by atoms with Crippen molar-refractivity contribution in [3.05, 3.63) is 76.1 Å². The quantitative estimate of drug-likeness (QED) is 0.257. The van der Waals surface area contributed by atoms with Crippen molar-refractivity contribution in [3.63, 3.8) is 0 Å². The molecule has 0 bridgehead atoms. The zero-order valence-corrected chi connectivity index (χ0v) is 29.5. The Morgan fingerprint density at radius 3 is 1.84 bits per heavy atom. The molecule has 4 fully saturated rings. The molecule has 1 aromatic carbocycles. The molecule has 2 amide bonds. The zero-order chi connectivity index (χ0) is 34.6. The first-order valence-corrected chi connectivity index (χ1v) is 17.5. The third kappa shape index (κ3) is 5.90. The number of ether oxygens (including phenoxy) is 2. The van der Waals surface area contributed by atoms with Gasteiger partial charge in [0.1, 0.15) is 5.69 Å². The number of nitrogens with one attached hydrogen (secondary N) is 2. The third-order valence-corrected chi connectivity index (χ3v) is 11.2. The van der Waals surface area contributed by atoms with E-state index in [-0.39, 0.29) is 28.3 Å². The number of amides is 2. The summed E-state index contributed by atoms with van der Waals surface area (Å²) in [5.74, 6) is 0.694. The van der Waals surface area contributed by atoms with Gasteiger partial charge in [0.25, 0.3) is 0 Å². The maximum atomic E-state index is 16.4. The lowest BCUT2D eigenvalue weighted by atomic mass is 9.79. The molecule has 4 aliphatic heterocycles. The summed E-state index contributed by atoms with van der Waals surface area (Å²) in [5.41, 5.74) is 4.91. The summed E-state index contributed by atoms with van der Waals surface area (Å²) in [7, 11) is 3.17. The number of carbonyl (C=O) groups is 2. The second-order valence-electron chi connectivity index (χ2n) is 14.1. The Morgan fingerprint density at radius 1 is 0.760 bits per heavy atom. The Hall–Kier alpha value is -4.46. The van der Waals surface area contributed by atoms with Gasteiger partial charge in [-0.15, -0.1) is 0 Å². The van der Waals surface area contributed by atoms with Crippen LogP contribution in [-0.4, -0.2) is 90.1 Å². The largest absolute Gasteiger partial charge is 0.481 e. The number of hydrogen-bond acceptors (Lipinski definition) is 9. The monoisotopic (exact) mass is 741 g/mol. The number of methoxy groups -OCH3 is 2. The van der Waals surface area contributed by atoms with Crippen molar-refractivity contribution in [1.82, 2.24) is 35.4 Å². The highest BCUT2D eigenvalue weighted by Gasteiger charge is 2.49. The molecule has 11 nitrogen and oxygen atoms in total. The van der Waals surface area contributed by atoms with E-state index < -0.39 is 5.82 Å². The zero-order valence-electron chi connectivity index (χ0n) is 27.9. The highest BCUT2D eigenvalue weighted by atomic mass is 79.9. The fourth-order valence-corrected chi connectivity index (χ4v) is 8.72. The summed E-state index contributed by atoms with van der Waals surface area (Å²) in [4.78, 5) is 41.9. The molecule has 0 atom stereocenters. The van der Waals surface area contributed by atoms with Crippen LogP contribution in [0.1, 0.15) is 24.0 Å². The number of rotatable bonds is 9. The van der Waals surface area contributed by atoms with Crippen LogP contribution in [0.25, 0.3) is 33.8 Å². The summed E-state index contributed by atoms with van der Waals surface area (Å²) >= 11 is 3.75. The fraction of sp³-hybridized carbons (Fsp3) is 0.378. The van der Waals surface area contributed by atoms with Crippen LogP contribution in [0, 0.1) is 16.6 Å². The standard InChI is InChI=1S/C37H37BrFN7O4/c1-49-34-22(14-45-18-36(19-45)12-29(47)41-16-36)6-8-27(43-34)26-5-3-4-24(31(26)38)25-10-11-40-33(32(25)39)28-9-7-23(35(44-28)50-2)15-46-20-37(21-46)13-30(48)42-17-37/h3-11H,12-21H2,1-2H3,(H,41,47)(H,42,48). The highest BCUT2D eigenvalue weighted by molar-refractivity contribution is 9.10. The van der Waals surface area contributed by atoms with Gasteiger partial charge in [-0.05, 0) is 39.7 Å². The van der Waals surface area contributed by atoms with Crippen molar-refractivity contribution in [2.75, 3.05) is 53.5 Å². The van der Waals surface area contributed by atoms with Crippen LogP contribution in [0.2, 0.25) is 0 Å². The number of halogens is 2. The lowest BCUT2D eigenvalue weighted by Gasteiger charge is -2.47. The van der Waals surface area contributed by atoms with Crippen LogP contribution in [-0.2, 0) is 22.7 Å². The van der Waals surface area contributed by atoms with E-state index >= 15 is 4.39 Å². The van der Waals surface area contributed by atoms with Gasteiger partial charge in [0, 0.05) is 109 Å². The van der Waals surface area contributed by atoms with Gasteiger partial charge in [0.2, 0.25) is 23.6 Å². The lowest BCUT2D eigenvalue weighted by molar-refractivity contribution is -0.121. The molecule has 0 aliphatic carbocycles. The predicted octanol–water partition coefficient (Wildman–Crippen LogP) is 4.44. The minimum absolute atomic E-state index is 0.0254. The van der Waals surface area contributed by atoms with E-state index in [9.17, 15) is 9.59 Å². The van der Waals surface area contributed by atoms with Gasteiger partial charge >= 0.3 is 0 Å². The van der Waals surface area contributed by atoms with E-state index in [2.05, 4.69) is 46.3 Å². The van der Waals surface area contributed by atoms with E-state index in [1.54, 1.807) is 32.5 Å². The molecule has 0 radical (unpaired) electrons. The van der Waals surface area contributed by atoms with E-state index in [1.165, 1.54) is 0 Å².